The van der Waals surface area contributed by atoms with Gasteiger partial charge in [-0.25, -0.2) is 4.39 Å². The predicted octanol–water partition coefficient (Wildman–Crippen LogP) is 6.96. The van der Waals surface area contributed by atoms with Crippen LogP contribution in [0.1, 0.15) is 11.1 Å². The average Bonchev–Trinajstić information content (AvgIpc) is 2.79. The van der Waals surface area contributed by atoms with Crippen molar-refractivity contribution in [2.45, 2.75) is 6.61 Å². The molecule has 0 aliphatic carbocycles. The number of carbonyl (C=O) groups excluding carboxylic acids is 2. The first-order valence-corrected chi connectivity index (χ1v) is 12.2. The molecule has 0 spiro atoms. The molecule has 2 amide bonds. The molecule has 1 N–H and O–H groups in total. The topological polar surface area (TPSA) is 58.6 Å². The number of nitrogens with zero attached hydrogens (tertiary/aromatic N) is 1. The maximum absolute atomic E-state index is 13.4. The number of anilines is 1. The fraction of sp³-hybridized carbons (Fsp3) is 0.0417. The van der Waals surface area contributed by atoms with Crippen molar-refractivity contribution in [1.82, 2.24) is 5.32 Å². The van der Waals surface area contributed by atoms with Crippen LogP contribution in [0.2, 0.25) is 15.1 Å². The third kappa shape index (κ3) is 5.52. The number of nitrogens with one attached hydrogen (secondary N) is 1. The number of benzene rings is 3. The molecule has 1 fully saturated rings. The molecule has 1 aliphatic heterocycles. The van der Waals surface area contributed by atoms with Crippen LogP contribution in [0.15, 0.2) is 64.6 Å². The molecule has 4 rings (SSSR count). The normalized spacial score (nSPS) is 14.9. The third-order valence-corrected chi connectivity index (χ3v) is 6.84. The van der Waals surface area contributed by atoms with Gasteiger partial charge in [-0.05, 0) is 81.7 Å². The second kappa shape index (κ2) is 10.6. The standard InChI is InChI=1S/C24H13BrCl3FN2O3S/c25-16-9-13(10-18(27)21(16)34-11-12-3-1-4-14(29)7-12)8-15-22(32)30-24(35)31(23(15)33)19-6-2-5-17(26)20(19)28/h1-10H,11H2,(H,30,32,35)/b15-8+. The van der Waals surface area contributed by atoms with Gasteiger partial charge in [0.25, 0.3) is 11.8 Å². The molecule has 1 heterocycles. The lowest BCUT2D eigenvalue weighted by atomic mass is 10.1. The van der Waals surface area contributed by atoms with E-state index in [1.807, 2.05) is 0 Å². The van der Waals surface area contributed by atoms with Gasteiger partial charge in [0.2, 0.25) is 0 Å². The number of hydrogen-bond acceptors (Lipinski definition) is 4. The molecule has 5 nitrogen and oxygen atoms in total. The van der Waals surface area contributed by atoms with E-state index in [2.05, 4.69) is 21.2 Å². The lowest BCUT2D eigenvalue weighted by molar-refractivity contribution is -0.122. The first kappa shape index (κ1) is 25.6. The summed E-state index contributed by atoms with van der Waals surface area (Å²) in [6.07, 6.45) is 1.37. The molecule has 0 radical (unpaired) electrons. The molecule has 11 heteroatoms. The summed E-state index contributed by atoms with van der Waals surface area (Å²) in [5, 5.41) is 2.93. The Morgan fingerprint density at radius 1 is 1.06 bits per heavy atom. The molecule has 3 aromatic carbocycles. The summed E-state index contributed by atoms with van der Waals surface area (Å²) >= 11 is 27.3. The van der Waals surface area contributed by atoms with Gasteiger partial charge in [-0.15, -0.1) is 0 Å². The summed E-state index contributed by atoms with van der Waals surface area (Å²) in [5.41, 5.74) is 1.12. The number of halogens is 5. The van der Waals surface area contributed by atoms with Gasteiger partial charge in [0.05, 0.1) is 25.2 Å². The fourth-order valence-electron chi connectivity index (χ4n) is 3.29. The highest BCUT2D eigenvalue weighted by Gasteiger charge is 2.35. The summed E-state index contributed by atoms with van der Waals surface area (Å²) in [5.74, 6) is -1.40. The summed E-state index contributed by atoms with van der Waals surface area (Å²) in [7, 11) is 0. The zero-order chi connectivity index (χ0) is 25.3. The van der Waals surface area contributed by atoms with E-state index in [4.69, 9.17) is 51.8 Å². The Labute approximate surface area is 228 Å². The molecule has 0 aromatic heterocycles. The quantitative estimate of drug-likeness (QED) is 0.192. The number of carbonyl (C=O) groups is 2. The van der Waals surface area contributed by atoms with Crippen molar-refractivity contribution in [1.29, 1.82) is 0 Å². The average molecular weight is 615 g/mol. The Hall–Kier alpha value is -2.49. The molecule has 1 saturated heterocycles. The monoisotopic (exact) mass is 612 g/mol. The molecule has 3 aromatic rings. The van der Waals surface area contributed by atoms with Crippen LogP contribution < -0.4 is 15.0 Å². The third-order valence-electron chi connectivity index (χ3n) is 4.88. The number of rotatable bonds is 5. The maximum Gasteiger partial charge on any atom is 0.270 e. The molecule has 0 atom stereocenters. The molecule has 178 valence electrons. The Morgan fingerprint density at radius 2 is 1.80 bits per heavy atom. The molecule has 0 unspecified atom stereocenters. The second-order valence-electron chi connectivity index (χ2n) is 7.26. The number of hydrogen-bond donors (Lipinski definition) is 1. The van der Waals surface area contributed by atoms with Gasteiger partial charge >= 0.3 is 0 Å². The molecule has 0 saturated carbocycles. The van der Waals surface area contributed by atoms with E-state index in [1.54, 1.807) is 36.4 Å². The minimum absolute atomic E-state index is 0.0875. The van der Waals surface area contributed by atoms with Gasteiger partial charge in [-0.2, -0.15) is 0 Å². The van der Waals surface area contributed by atoms with E-state index in [-0.39, 0.29) is 43.9 Å². The first-order chi connectivity index (χ1) is 16.7. The van der Waals surface area contributed by atoms with Crippen LogP contribution >= 0.6 is 63.0 Å². The molecular weight excluding hydrogens is 602 g/mol. The number of amides is 2. The highest BCUT2D eigenvalue weighted by Crippen LogP contribution is 2.37. The first-order valence-electron chi connectivity index (χ1n) is 9.87. The highest BCUT2D eigenvalue weighted by molar-refractivity contribution is 9.10. The van der Waals surface area contributed by atoms with E-state index in [9.17, 15) is 14.0 Å². The van der Waals surface area contributed by atoms with E-state index in [0.29, 0.717) is 21.3 Å². The van der Waals surface area contributed by atoms with Crippen LogP contribution in [0.3, 0.4) is 0 Å². The van der Waals surface area contributed by atoms with Gasteiger partial charge < -0.3 is 4.74 Å². The van der Waals surface area contributed by atoms with Gasteiger partial charge in [0, 0.05) is 0 Å². The molecule has 1 aliphatic rings. The van der Waals surface area contributed by atoms with Crippen LogP contribution in [0, 0.1) is 5.82 Å². The molecule has 35 heavy (non-hydrogen) atoms. The van der Waals surface area contributed by atoms with Crippen molar-refractivity contribution in [3.8, 4) is 5.75 Å². The lowest BCUT2D eigenvalue weighted by Gasteiger charge is -2.29. The Balaban J connectivity index is 1.63. The van der Waals surface area contributed by atoms with Crippen molar-refractivity contribution in [2.75, 3.05) is 4.90 Å². The lowest BCUT2D eigenvalue weighted by Crippen LogP contribution is -2.54. The smallest absolute Gasteiger partial charge is 0.270 e. The van der Waals surface area contributed by atoms with Crippen LogP contribution in [0.4, 0.5) is 10.1 Å². The van der Waals surface area contributed by atoms with Crippen molar-refractivity contribution in [2.24, 2.45) is 0 Å². The van der Waals surface area contributed by atoms with Crippen molar-refractivity contribution in [3.05, 3.63) is 96.7 Å². The molecule has 0 bridgehead atoms. The SMILES string of the molecule is O=C1NC(=S)N(c2cccc(Cl)c2Cl)C(=O)/C1=C/c1cc(Cl)c(OCc2cccc(F)c2)c(Br)c1. The number of thiocarbonyl (C=S) groups is 1. The van der Waals surface area contributed by atoms with Crippen LogP contribution in [0.5, 0.6) is 5.75 Å². The van der Waals surface area contributed by atoms with E-state index in [0.717, 1.165) is 4.90 Å². The zero-order valence-corrected chi connectivity index (χ0v) is 22.1. The summed E-state index contributed by atoms with van der Waals surface area (Å²) < 4.78 is 19.6. The van der Waals surface area contributed by atoms with Crippen LogP contribution in [-0.2, 0) is 16.2 Å². The summed E-state index contributed by atoms with van der Waals surface area (Å²) in [6.45, 7) is 0.0875. The highest BCUT2D eigenvalue weighted by atomic mass is 79.9. The number of ether oxygens (including phenoxy) is 1. The predicted molar refractivity (Wildman–Crippen MR) is 143 cm³/mol. The fourth-order valence-corrected chi connectivity index (χ4v) is 4.93. The van der Waals surface area contributed by atoms with E-state index < -0.39 is 11.8 Å². The largest absolute Gasteiger partial charge is 0.486 e. The van der Waals surface area contributed by atoms with Crippen LogP contribution in [0.25, 0.3) is 6.08 Å². The maximum atomic E-state index is 13.4. The Kier molecular flexibility index (Phi) is 7.78. The summed E-state index contributed by atoms with van der Waals surface area (Å²) in [4.78, 5) is 26.9. The van der Waals surface area contributed by atoms with Gasteiger partial charge in [0.1, 0.15) is 18.0 Å². The van der Waals surface area contributed by atoms with Gasteiger partial charge in [-0.3, -0.25) is 19.8 Å². The van der Waals surface area contributed by atoms with Crippen molar-refractivity contribution < 1.29 is 18.7 Å². The minimum atomic E-state index is -0.679. The summed E-state index contributed by atoms with van der Waals surface area (Å²) in [6, 6.07) is 13.9. The van der Waals surface area contributed by atoms with Gasteiger partial charge in [-0.1, -0.05) is 53.0 Å². The Bertz CT molecular complexity index is 1390. The second-order valence-corrected chi connectivity index (χ2v) is 9.70. The molecular formula is C24H13BrCl3FN2O3S. The van der Waals surface area contributed by atoms with Crippen LogP contribution in [-0.4, -0.2) is 16.9 Å². The van der Waals surface area contributed by atoms with Gasteiger partial charge in [0.15, 0.2) is 10.9 Å². The zero-order valence-electron chi connectivity index (χ0n) is 17.5. The van der Waals surface area contributed by atoms with E-state index >= 15 is 0 Å². The van der Waals surface area contributed by atoms with Crippen molar-refractivity contribution >= 4 is 91.6 Å². The van der Waals surface area contributed by atoms with Crippen molar-refractivity contribution in [3.63, 3.8) is 0 Å². The Morgan fingerprint density at radius 3 is 2.51 bits per heavy atom. The van der Waals surface area contributed by atoms with E-state index in [1.165, 1.54) is 24.3 Å². The minimum Gasteiger partial charge on any atom is -0.486 e.